The number of hydrogen-bond acceptors (Lipinski definition) is 6. The first-order valence-electron chi connectivity index (χ1n) is 24.3. The van der Waals surface area contributed by atoms with E-state index in [4.69, 9.17) is 19.3 Å². The van der Waals surface area contributed by atoms with Crippen LogP contribution in [0.4, 0.5) is 0 Å². The molecule has 0 aliphatic carbocycles. The highest BCUT2D eigenvalue weighted by molar-refractivity contribution is 7.46. The van der Waals surface area contributed by atoms with Crippen molar-refractivity contribution >= 4 is 19.8 Å². The van der Waals surface area contributed by atoms with E-state index in [0.717, 1.165) is 32.1 Å². The zero-order chi connectivity index (χ0) is 41.1. The molecule has 8 nitrogen and oxygen atoms in total. The molecule has 0 aromatic carbocycles. The van der Waals surface area contributed by atoms with E-state index in [0.29, 0.717) is 6.42 Å². The fourth-order valence-electron chi connectivity index (χ4n) is 7.49. The topological polar surface area (TPSA) is 119 Å². The normalized spacial score (nSPS) is 12.3. The molecule has 334 valence electrons. The molecule has 0 saturated carbocycles. The fraction of sp³-hybridized carbons (Fsp3) is 0.957. The third-order valence-corrected chi connectivity index (χ3v) is 11.6. The Hall–Kier alpha value is -0.950. The van der Waals surface area contributed by atoms with Crippen molar-refractivity contribution in [1.82, 2.24) is 0 Å². The van der Waals surface area contributed by atoms with Gasteiger partial charge in [-0.3, -0.25) is 14.1 Å². The molecule has 0 heterocycles. The van der Waals surface area contributed by atoms with Gasteiger partial charge in [0.05, 0.1) is 6.61 Å². The van der Waals surface area contributed by atoms with E-state index in [2.05, 4.69) is 18.4 Å². The van der Waals surface area contributed by atoms with E-state index in [9.17, 15) is 14.2 Å². The third-order valence-electron chi connectivity index (χ3n) is 11.1. The van der Waals surface area contributed by atoms with Gasteiger partial charge in [0.2, 0.25) is 0 Å². The summed E-state index contributed by atoms with van der Waals surface area (Å²) in [6.07, 6.45) is 48.3. The van der Waals surface area contributed by atoms with Crippen LogP contribution >= 0.6 is 7.82 Å². The molecule has 0 bridgehead atoms. The highest BCUT2D eigenvalue weighted by Crippen LogP contribution is 2.36. The zero-order valence-corrected chi connectivity index (χ0v) is 38.0. The van der Waals surface area contributed by atoms with Gasteiger partial charge < -0.3 is 19.3 Å². The number of phosphoric ester groups is 1. The Kier molecular flexibility index (Phi) is 42.9. The van der Waals surface area contributed by atoms with Crippen LogP contribution in [0.5, 0.6) is 0 Å². The maximum atomic E-state index is 12.5. The lowest BCUT2D eigenvalue weighted by Crippen LogP contribution is -2.29. The average Bonchev–Trinajstić information content (AvgIpc) is 3.17. The maximum Gasteiger partial charge on any atom is 0.469 e. The van der Waals surface area contributed by atoms with Gasteiger partial charge in [-0.25, -0.2) is 4.57 Å². The smallest absolute Gasteiger partial charge is 0.462 e. The quantitative estimate of drug-likeness (QED) is 0.0354. The van der Waals surface area contributed by atoms with E-state index in [-0.39, 0.29) is 19.4 Å². The van der Waals surface area contributed by atoms with Crippen LogP contribution in [0.3, 0.4) is 0 Å². The molecular weight excluding hydrogens is 723 g/mol. The van der Waals surface area contributed by atoms with Crippen molar-refractivity contribution in [3.05, 3.63) is 0 Å². The first-order chi connectivity index (χ1) is 27.3. The van der Waals surface area contributed by atoms with Gasteiger partial charge in [0, 0.05) is 12.8 Å². The van der Waals surface area contributed by atoms with Crippen molar-refractivity contribution < 1.29 is 37.9 Å². The predicted octanol–water partition coefficient (Wildman–Crippen LogP) is 15.2. The van der Waals surface area contributed by atoms with Crippen LogP contribution in [0, 0.1) is 0 Å². The first-order valence-corrected chi connectivity index (χ1v) is 25.9. The molecule has 0 rings (SSSR count). The van der Waals surface area contributed by atoms with Crippen molar-refractivity contribution in [2.24, 2.45) is 0 Å². The molecule has 0 aromatic rings. The summed E-state index contributed by atoms with van der Waals surface area (Å²) in [6.45, 7) is 3.74. The van der Waals surface area contributed by atoms with Gasteiger partial charge >= 0.3 is 19.8 Å². The lowest BCUT2D eigenvalue weighted by atomic mass is 10.0. The molecule has 1 unspecified atom stereocenters. The number of rotatable bonds is 46. The monoisotopic (exact) mass is 817 g/mol. The summed E-state index contributed by atoms with van der Waals surface area (Å²) < 4.78 is 26.5. The number of carbonyl (C=O) groups excluding carboxylic acids is 2. The minimum absolute atomic E-state index is 0.221. The van der Waals surface area contributed by atoms with Gasteiger partial charge in [0.1, 0.15) is 6.61 Å². The van der Waals surface area contributed by atoms with Gasteiger partial charge in [0.25, 0.3) is 0 Å². The third kappa shape index (κ3) is 45.7. The lowest BCUT2D eigenvalue weighted by molar-refractivity contribution is -0.161. The number of ether oxygens (including phenoxy) is 2. The van der Waals surface area contributed by atoms with Crippen LogP contribution in [0.15, 0.2) is 0 Å². The highest BCUT2D eigenvalue weighted by atomic mass is 31.2. The van der Waals surface area contributed by atoms with Crippen molar-refractivity contribution in [1.29, 1.82) is 0 Å². The summed E-state index contributed by atoms with van der Waals surface area (Å²) in [7, 11) is -4.75. The van der Waals surface area contributed by atoms with Crippen molar-refractivity contribution in [3.63, 3.8) is 0 Å². The van der Waals surface area contributed by atoms with Crippen LogP contribution in [0.2, 0.25) is 0 Å². The second-order valence-electron chi connectivity index (χ2n) is 16.8. The SMILES string of the molecule is CCCCCCCCCCCCCCCCCCCCCCCC(=O)OC(COC(=O)CCCCCCCCCCCCCCCCCCC)COP(=O)(O)O. The maximum absolute atomic E-state index is 12.5. The molecule has 56 heavy (non-hydrogen) atoms. The van der Waals surface area contributed by atoms with Gasteiger partial charge in [-0.1, -0.05) is 245 Å². The molecule has 0 spiro atoms. The summed E-state index contributed by atoms with van der Waals surface area (Å²) in [6, 6.07) is 0. The summed E-state index contributed by atoms with van der Waals surface area (Å²) in [5.41, 5.74) is 0. The minimum Gasteiger partial charge on any atom is -0.462 e. The Morgan fingerprint density at radius 3 is 0.911 bits per heavy atom. The Morgan fingerprint density at radius 1 is 0.393 bits per heavy atom. The average molecular weight is 817 g/mol. The molecular formula is C47H93O8P. The second-order valence-corrected chi connectivity index (χ2v) is 18.0. The van der Waals surface area contributed by atoms with Crippen LogP contribution in [0.25, 0.3) is 0 Å². The van der Waals surface area contributed by atoms with Crippen LogP contribution in [-0.4, -0.2) is 41.0 Å². The Balaban J connectivity index is 3.78. The molecule has 0 aliphatic rings. The highest BCUT2D eigenvalue weighted by Gasteiger charge is 2.23. The van der Waals surface area contributed by atoms with Crippen molar-refractivity contribution in [3.8, 4) is 0 Å². The molecule has 0 saturated heterocycles. The number of unbranched alkanes of at least 4 members (excludes halogenated alkanes) is 36. The molecule has 0 aromatic heterocycles. The second kappa shape index (κ2) is 43.6. The van der Waals surface area contributed by atoms with Crippen molar-refractivity contribution in [2.45, 2.75) is 277 Å². The Morgan fingerprint density at radius 2 is 0.643 bits per heavy atom. The van der Waals surface area contributed by atoms with Crippen LogP contribution in [0.1, 0.15) is 271 Å². The van der Waals surface area contributed by atoms with Gasteiger partial charge in [-0.2, -0.15) is 0 Å². The van der Waals surface area contributed by atoms with Crippen molar-refractivity contribution in [2.75, 3.05) is 13.2 Å². The number of esters is 2. The molecule has 0 fully saturated rings. The first kappa shape index (κ1) is 55.0. The number of phosphoric acid groups is 1. The predicted molar refractivity (Wildman–Crippen MR) is 235 cm³/mol. The molecule has 0 amide bonds. The zero-order valence-electron chi connectivity index (χ0n) is 37.1. The van der Waals surface area contributed by atoms with E-state index >= 15 is 0 Å². The number of hydrogen-bond donors (Lipinski definition) is 2. The summed E-state index contributed by atoms with van der Waals surface area (Å²) in [5.74, 6) is -0.862. The van der Waals surface area contributed by atoms with Gasteiger partial charge in [0.15, 0.2) is 6.10 Å². The molecule has 1 atom stereocenters. The lowest BCUT2D eigenvalue weighted by Gasteiger charge is -2.18. The molecule has 0 radical (unpaired) electrons. The summed E-state index contributed by atoms with van der Waals surface area (Å²) in [4.78, 5) is 43.0. The largest absolute Gasteiger partial charge is 0.469 e. The molecule has 9 heteroatoms. The molecule has 2 N–H and O–H groups in total. The summed E-state index contributed by atoms with van der Waals surface area (Å²) >= 11 is 0. The Labute approximate surface area is 346 Å². The van der Waals surface area contributed by atoms with E-state index in [1.807, 2.05) is 0 Å². The fourth-order valence-corrected chi connectivity index (χ4v) is 7.86. The van der Waals surface area contributed by atoms with Gasteiger partial charge in [-0.15, -0.1) is 0 Å². The summed E-state index contributed by atoms with van der Waals surface area (Å²) in [5, 5.41) is 0. The molecule has 0 aliphatic heterocycles. The van der Waals surface area contributed by atoms with Crippen LogP contribution < -0.4 is 0 Å². The standard InChI is InChI=1S/C47H93O8P/c1-3-5-7-9-11-13-15-17-19-21-22-23-24-26-28-30-32-34-36-38-40-42-47(49)55-45(44-54-56(50,51)52)43-53-46(48)41-39-37-35-33-31-29-27-25-20-18-16-14-12-10-8-6-4-2/h45H,3-44H2,1-2H3,(H2,50,51,52). The van der Waals surface area contributed by atoms with E-state index < -0.39 is 32.5 Å². The number of carbonyl (C=O) groups is 2. The minimum atomic E-state index is -4.75. The van der Waals surface area contributed by atoms with Crippen LogP contribution in [-0.2, 0) is 28.2 Å². The van der Waals surface area contributed by atoms with E-state index in [1.165, 1.54) is 205 Å². The van der Waals surface area contributed by atoms with E-state index in [1.54, 1.807) is 0 Å². The van der Waals surface area contributed by atoms with Gasteiger partial charge in [-0.05, 0) is 12.8 Å². The Bertz CT molecular complexity index is 878.